The summed E-state index contributed by atoms with van der Waals surface area (Å²) in [6, 6.07) is 0. The molecule has 0 spiro atoms. The predicted molar refractivity (Wildman–Crippen MR) is 86.9 cm³/mol. The van der Waals surface area contributed by atoms with Crippen LogP contribution in [0.4, 0.5) is 0 Å². The fraction of sp³-hybridized carbons (Fsp3) is 0.533. The summed E-state index contributed by atoms with van der Waals surface area (Å²) < 4.78 is 27.0. The van der Waals surface area contributed by atoms with Crippen LogP contribution in [0.1, 0.15) is 37.2 Å². The highest BCUT2D eigenvalue weighted by Gasteiger charge is 2.28. The molecule has 3 heterocycles. The van der Waals surface area contributed by atoms with Gasteiger partial charge in [-0.25, -0.2) is 22.7 Å². The van der Waals surface area contributed by atoms with E-state index in [2.05, 4.69) is 9.97 Å². The largest absolute Gasteiger partial charge is 0.287 e. The third-order valence-corrected chi connectivity index (χ3v) is 5.46. The van der Waals surface area contributed by atoms with Crippen LogP contribution in [0.25, 0.3) is 5.82 Å². The quantitative estimate of drug-likeness (QED) is 0.843. The molecule has 0 saturated carbocycles. The zero-order valence-corrected chi connectivity index (χ0v) is 14.2. The molecule has 1 aliphatic heterocycles. The monoisotopic (exact) mass is 335 g/mol. The Labute approximate surface area is 136 Å². The van der Waals surface area contributed by atoms with Crippen LogP contribution in [-0.2, 0) is 16.4 Å². The minimum absolute atomic E-state index is 0.0829. The van der Waals surface area contributed by atoms with Gasteiger partial charge in [-0.3, -0.25) is 9.55 Å². The highest BCUT2D eigenvalue weighted by atomic mass is 32.2. The van der Waals surface area contributed by atoms with Crippen LogP contribution in [0.3, 0.4) is 0 Å². The molecule has 1 unspecified atom stereocenters. The van der Waals surface area contributed by atoms with Crippen LogP contribution >= 0.6 is 0 Å². The minimum Gasteiger partial charge on any atom is -0.287 e. The molecule has 1 aliphatic rings. The Kier molecular flexibility index (Phi) is 4.45. The maximum absolute atomic E-state index is 11.8. The summed E-state index contributed by atoms with van der Waals surface area (Å²) in [5.41, 5.74) is 0.839. The van der Waals surface area contributed by atoms with Crippen molar-refractivity contribution >= 4 is 10.0 Å². The molecular weight excluding hydrogens is 314 g/mol. The van der Waals surface area contributed by atoms with E-state index in [9.17, 15) is 8.42 Å². The van der Waals surface area contributed by atoms with E-state index in [-0.39, 0.29) is 5.92 Å². The van der Waals surface area contributed by atoms with Gasteiger partial charge < -0.3 is 0 Å². The molecule has 124 valence electrons. The number of rotatable bonds is 4. The maximum atomic E-state index is 11.8. The van der Waals surface area contributed by atoms with Crippen molar-refractivity contribution in [1.82, 2.24) is 23.8 Å². The van der Waals surface area contributed by atoms with Crippen molar-refractivity contribution in [2.75, 3.05) is 19.3 Å². The number of hydrogen-bond donors (Lipinski definition) is 0. The lowest BCUT2D eigenvalue weighted by atomic mass is 9.96. The van der Waals surface area contributed by atoms with Crippen LogP contribution in [0.15, 0.2) is 24.8 Å². The smallest absolute Gasteiger partial charge is 0.211 e. The Hall–Kier alpha value is -1.80. The molecule has 0 radical (unpaired) electrons. The Morgan fingerprint density at radius 2 is 2.17 bits per heavy atom. The third-order valence-electron chi connectivity index (χ3n) is 4.19. The lowest BCUT2D eigenvalue weighted by molar-refractivity contribution is 0.314. The van der Waals surface area contributed by atoms with Gasteiger partial charge in [0, 0.05) is 44.0 Å². The summed E-state index contributed by atoms with van der Waals surface area (Å²) in [7, 11) is -3.16. The van der Waals surface area contributed by atoms with Crippen molar-refractivity contribution < 1.29 is 8.42 Å². The van der Waals surface area contributed by atoms with E-state index < -0.39 is 10.0 Å². The van der Waals surface area contributed by atoms with E-state index in [0.29, 0.717) is 13.1 Å². The van der Waals surface area contributed by atoms with Crippen molar-refractivity contribution in [1.29, 1.82) is 0 Å². The summed E-state index contributed by atoms with van der Waals surface area (Å²) in [5.74, 6) is 1.74. The van der Waals surface area contributed by atoms with Gasteiger partial charge in [0.15, 0.2) is 5.82 Å². The van der Waals surface area contributed by atoms with E-state index in [1.807, 2.05) is 17.7 Å². The van der Waals surface area contributed by atoms with Gasteiger partial charge >= 0.3 is 0 Å². The molecule has 7 nitrogen and oxygen atoms in total. The Balaban J connectivity index is 1.88. The molecular formula is C15H21N5O2S. The number of aryl methyl sites for hydroxylation is 1. The van der Waals surface area contributed by atoms with Gasteiger partial charge in [-0.1, -0.05) is 6.92 Å². The molecule has 2 aromatic heterocycles. The van der Waals surface area contributed by atoms with Crippen molar-refractivity contribution in [3.63, 3.8) is 0 Å². The van der Waals surface area contributed by atoms with Crippen LogP contribution in [0.5, 0.6) is 0 Å². The minimum atomic E-state index is -3.16. The van der Waals surface area contributed by atoms with Gasteiger partial charge in [-0.05, 0) is 12.8 Å². The number of sulfonamides is 1. The second kappa shape index (κ2) is 6.37. The Morgan fingerprint density at radius 3 is 2.91 bits per heavy atom. The summed E-state index contributed by atoms with van der Waals surface area (Å²) >= 11 is 0. The number of hydrogen-bond acceptors (Lipinski definition) is 5. The molecule has 0 amide bonds. The molecule has 0 N–H and O–H groups in total. The maximum Gasteiger partial charge on any atom is 0.211 e. The Morgan fingerprint density at radius 1 is 1.35 bits per heavy atom. The Bertz CT molecular complexity index is 787. The normalized spacial score (nSPS) is 19.8. The topological polar surface area (TPSA) is 81.0 Å². The zero-order valence-electron chi connectivity index (χ0n) is 13.4. The highest BCUT2D eigenvalue weighted by Crippen LogP contribution is 2.27. The van der Waals surface area contributed by atoms with Crippen molar-refractivity contribution in [3.05, 3.63) is 36.3 Å². The van der Waals surface area contributed by atoms with Crippen molar-refractivity contribution in [3.8, 4) is 5.82 Å². The number of imidazole rings is 1. The zero-order chi connectivity index (χ0) is 16.4. The molecule has 8 heteroatoms. The molecule has 3 rings (SSSR count). The molecule has 2 aromatic rings. The van der Waals surface area contributed by atoms with Crippen LogP contribution in [0.2, 0.25) is 0 Å². The standard InChI is InChI=1S/C15H21N5O2S/c1-3-14-17-6-8-20(14)15-10-16-9-13(18-15)12-5-4-7-19(11-12)23(2,21)22/h6,8-10,12H,3-5,7,11H2,1-2H3. The lowest BCUT2D eigenvalue weighted by Gasteiger charge is -2.30. The summed E-state index contributed by atoms with van der Waals surface area (Å²) in [6.07, 6.45) is 10.9. The van der Waals surface area contributed by atoms with E-state index in [0.717, 1.165) is 36.6 Å². The summed E-state index contributed by atoms with van der Waals surface area (Å²) in [4.78, 5) is 13.3. The first-order valence-electron chi connectivity index (χ1n) is 7.78. The second-order valence-electron chi connectivity index (χ2n) is 5.83. The average Bonchev–Trinajstić information content (AvgIpc) is 3.03. The van der Waals surface area contributed by atoms with Crippen molar-refractivity contribution in [2.45, 2.75) is 32.1 Å². The number of piperidine rings is 1. The van der Waals surface area contributed by atoms with Crippen LogP contribution in [-0.4, -0.2) is 51.6 Å². The van der Waals surface area contributed by atoms with Gasteiger partial charge in [0.2, 0.25) is 10.0 Å². The van der Waals surface area contributed by atoms with Gasteiger partial charge in [0.1, 0.15) is 5.82 Å². The summed E-state index contributed by atoms with van der Waals surface area (Å²) in [5, 5.41) is 0. The summed E-state index contributed by atoms with van der Waals surface area (Å²) in [6.45, 7) is 3.10. The van der Waals surface area contributed by atoms with E-state index >= 15 is 0 Å². The van der Waals surface area contributed by atoms with Gasteiger partial charge in [-0.2, -0.15) is 0 Å². The number of nitrogens with zero attached hydrogens (tertiary/aromatic N) is 5. The fourth-order valence-electron chi connectivity index (χ4n) is 2.97. The highest BCUT2D eigenvalue weighted by molar-refractivity contribution is 7.88. The number of aromatic nitrogens is 4. The first kappa shape index (κ1) is 16.1. The second-order valence-corrected chi connectivity index (χ2v) is 7.81. The first-order valence-corrected chi connectivity index (χ1v) is 9.63. The molecule has 0 bridgehead atoms. The van der Waals surface area contributed by atoms with E-state index in [4.69, 9.17) is 4.98 Å². The fourth-order valence-corrected chi connectivity index (χ4v) is 3.88. The predicted octanol–water partition coefficient (Wildman–Crippen LogP) is 1.36. The van der Waals surface area contributed by atoms with Gasteiger partial charge in [0.05, 0.1) is 18.1 Å². The average molecular weight is 335 g/mol. The lowest BCUT2D eigenvalue weighted by Crippen LogP contribution is -2.38. The van der Waals surface area contributed by atoms with Crippen molar-refractivity contribution in [2.24, 2.45) is 0 Å². The van der Waals surface area contributed by atoms with Gasteiger partial charge in [-0.15, -0.1) is 0 Å². The van der Waals surface area contributed by atoms with E-state index in [1.165, 1.54) is 10.6 Å². The first-order chi connectivity index (χ1) is 11.0. The van der Waals surface area contributed by atoms with Gasteiger partial charge in [0.25, 0.3) is 0 Å². The molecule has 23 heavy (non-hydrogen) atoms. The molecule has 0 aliphatic carbocycles. The molecule has 1 fully saturated rings. The van der Waals surface area contributed by atoms with E-state index in [1.54, 1.807) is 18.6 Å². The van der Waals surface area contributed by atoms with Crippen LogP contribution < -0.4 is 0 Å². The molecule has 0 aromatic carbocycles. The SMILES string of the molecule is CCc1nccn1-c1cncc(C2CCCN(S(C)(=O)=O)C2)n1. The third kappa shape index (κ3) is 3.42. The van der Waals surface area contributed by atoms with Crippen LogP contribution in [0, 0.1) is 0 Å². The molecule has 1 saturated heterocycles. The molecule has 1 atom stereocenters.